The minimum Gasteiger partial charge on any atom is -0.366 e. The quantitative estimate of drug-likeness (QED) is 0.853. The molecule has 0 aliphatic carbocycles. The van der Waals surface area contributed by atoms with Gasteiger partial charge in [0.25, 0.3) is 5.91 Å². The molecule has 4 nitrogen and oxygen atoms in total. The summed E-state index contributed by atoms with van der Waals surface area (Å²) >= 11 is 0. The maximum atomic E-state index is 13.4. The van der Waals surface area contributed by atoms with Gasteiger partial charge in [0.2, 0.25) is 5.91 Å². The minimum atomic E-state index is -1.35. The third kappa shape index (κ3) is 3.19. The topological polar surface area (TPSA) is 72.2 Å². The van der Waals surface area contributed by atoms with Crippen LogP contribution in [0.2, 0.25) is 0 Å². The molecule has 0 saturated heterocycles. The van der Waals surface area contributed by atoms with Crippen molar-refractivity contribution in [1.29, 1.82) is 0 Å². The van der Waals surface area contributed by atoms with E-state index in [1.165, 1.54) is 24.3 Å². The first-order valence-corrected chi connectivity index (χ1v) is 5.74. The van der Waals surface area contributed by atoms with E-state index < -0.39 is 35.0 Å². The number of primary amides is 1. The largest absolute Gasteiger partial charge is 0.366 e. The van der Waals surface area contributed by atoms with Crippen molar-refractivity contribution in [3.8, 4) is 0 Å². The van der Waals surface area contributed by atoms with E-state index in [2.05, 4.69) is 5.32 Å². The molecular formula is C14H9F3N2O2. The molecule has 108 valence electrons. The number of hydrogen-bond acceptors (Lipinski definition) is 2. The van der Waals surface area contributed by atoms with Crippen molar-refractivity contribution < 1.29 is 22.8 Å². The average Bonchev–Trinajstić information content (AvgIpc) is 2.44. The van der Waals surface area contributed by atoms with Crippen molar-refractivity contribution in [3.05, 3.63) is 65.0 Å². The van der Waals surface area contributed by atoms with Crippen LogP contribution in [0.1, 0.15) is 20.7 Å². The molecular weight excluding hydrogens is 285 g/mol. The number of benzene rings is 2. The molecule has 0 spiro atoms. The van der Waals surface area contributed by atoms with Crippen LogP contribution in [-0.4, -0.2) is 11.8 Å². The highest BCUT2D eigenvalue weighted by Gasteiger charge is 2.13. The summed E-state index contributed by atoms with van der Waals surface area (Å²) in [4.78, 5) is 22.7. The third-order valence-electron chi connectivity index (χ3n) is 2.69. The van der Waals surface area contributed by atoms with E-state index in [1.54, 1.807) is 0 Å². The Morgan fingerprint density at radius 1 is 0.857 bits per heavy atom. The van der Waals surface area contributed by atoms with Crippen LogP contribution >= 0.6 is 0 Å². The second-order valence-electron chi connectivity index (χ2n) is 4.14. The number of anilines is 1. The zero-order chi connectivity index (χ0) is 15.6. The molecule has 0 atom stereocenters. The van der Waals surface area contributed by atoms with E-state index in [0.717, 1.165) is 0 Å². The van der Waals surface area contributed by atoms with Crippen molar-refractivity contribution in [2.45, 2.75) is 0 Å². The smallest absolute Gasteiger partial charge is 0.255 e. The lowest BCUT2D eigenvalue weighted by molar-refractivity contribution is 0.0995. The first-order valence-electron chi connectivity index (χ1n) is 5.74. The molecule has 0 aliphatic rings. The van der Waals surface area contributed by atoms with Crippen LogP contribution < -0.4 is 11.1 Å². The van der Waals surface area contributed by atoms with Crippen molar-refractivity contribution in [3.63, 3.8) is 0 Å². The monoisotopic (exact) mass is 294 g/mol. The van der Waals surface area contributed by atoms with E-state index in [9.17, 15) is 22.8 Å². The van der Waals surface area contributed by atoms with E-state index in [0.29, 0.717) is 12.1 Å². The van der Waals surface area contributed by atoms with Gasteiger partial charge in [-0.15, -0.1) is 0 Å². The van der Waals surface area contributed by atoms with E-state index in [4.69, 9.17) is 5.73 Å². The molecule has 2 amide bonds. The highest BCUT2D eigenvalue weighted by Crippen LogP contribution is 2.19. The Balaban J connectivity index is 2.22. The number of nitrogens with one attached hydrogen (secondary N) is 1. The number of carbonyl (C=O) groups excluding carboxylic acids is 2. The van der Waals surface area contributed by atoms with Crippen LogP contribution in [0.3, 0.4) is 0 Å². The Labute approximate surface area is 117 Å². The summed E-state index contributed by atoms with van der Waals surface area (Å²) < 4.78 is 39.2. The van der Waals surface area contributed by atoms with Gasteiger partial charge in [0, 0.05) is 23.3 Å². The molecule has 0 aromatic heterocycles. The fourth-order valence-electron chi connectivity index (χ4n) is 1.60. The van der Waals surface area contributed by atoms with Crippen molar-refractivity contribution in [2.75, 3.05) is 5.32 Å². The average molecular weight is 294 g/mol. The summed E-state index contributed by atoms with van der Waals surface area (Å²) in [5.74, 6) is -5.13. The number of amides is 2. The lowest BCUT2D eigenvalue weighted by Gasteiger charge is -2.07. The van der Waals surface area contributed by atoms with Gasteiger partial charge < -0.3 is 11.1 Å². The van der Waals surface area contributed by atoms with Crippen molar-refractivity contribution in [2.24, 2.45) is 5.73 Å². The highest BCUT2D eigenvalue weighted by atomic mass is 19.2. The molecule has 0 bridgehead atoms. The fourth-order valence-corrected chi connectivity index (χ4v) is 1.60. The first-order chi connectivity index (χ1) is 9.88. The lowest BCUT2D eigenvalue weighted by Crippen LogP contribution is -2.15. The molecule has 2 rings (SSSR count). The Morgan fingerprint density at radius 2 is 1.38 bits per heavy atom. The van der Waals surface area contributed by atoms with Gasteiger partial charge in [-0.25, -0.2) is 13.2 Å². The highest BCUT2D eigenvalue weighted by molar-refractivity contribution is 6.05. The molecule has 0 unspecified atom stereocenters. The molecule has 0 heterocycles. The van der Waals surface area contributed by atoms with Gasteiger partial charge in [-0.1, -0.05) is 0 Å². The zero-order valence-corrected chi connectivity index (χ0v) is 10.5. The molecule has 21 heavy (non-hydrogen) atoms. The van der Waals surface area contributed by atoms with Gasteiger partial charge >= 0.3 is 0 Å². The Bertz CT molecular complexity index is 715. The SMILES string of the molecule is NC(=O)c1ccc(C(=O)Nc2cc(F)c(F)cc2F)cc1. The molecule has 3 N–H and O–H groups in total. The molecule has 2 aromatic carbocycles. The predicted octanol–water partition coefficient (Wildman–Crippen LogP) is 2.46. The normalized spacial score (nSPS) is 10.2. The Hall–Kier alpha value is -2.83. The van der Waals surface area contributed by atoms with Crippen LogP contribution in [-0.2, 0) is 0 Å². The number of nitrogens with two attached hydrogens (primary N) is 1. The maximum Gasteiger partial charge on any atom is 0.255 e. The zero-order valence-electron chi connectivity index (χ0n) is 10.5. The lowest BCUT2D eigenvalue weighted by atomic mass is 10.1. The van der Waals surface area contributed by atoms with Crippen LogP contribution in [0.15, 0.2) is 36.4 Å². The van der Waals surface area contributed by atoms with Gasteiger partial charge in [-0.2, -0.15) is 0 Å². The van der Waals surface area contributed by atoms with E-state index in [1.807, 2.05) is 0 Å². The summed E-state index contributed by atoms with van der Waals surface area (Å²) in [5.41, 5.74) is 4.86. The first kappa shape index (κ1) is 14.6. The van der Waals surface area contributed by atoms with E-state index >= 15 is 0 Å². The summed E-state index contributed by atoms with van der Waals surface area (Å²) in [5, 5.41) is 2.11. The Kier molecular flexibility index (Phi) is 3.93. The maximum absolute atomic E-state index is 13.4. The summed E-state index contributed by atoms with van der Waals surface area (Å²) in [6, 6.07) is 6.11. The molecule has 0 aliphatic heterocycles. The molecule has 2 aromatic rings. The van der Waals surface area contributed by atoms with Gasteiger partial charge in [0.1, 0.15) is 5.82 Å². The molecule has 0 fully saturated rings. The molecule has 0 saturated carbocycles. The predicted molar refractivity (Wildman–Crippen MR) is 69.2 cm³/mol. The Morgan fingerprint density at radius 3 is 1.95 bits per heavy atom. The van der Waals surface area contributed by atoms with E-state index in [-0.39, 0.29) is 11.1 Å². The number of hydrogen-bond donors (Lipinski definition) is 2. The standard InChI is InChI=1S/C14H9F3N2O2/c15-9-5-11(17)12(6-10(9)16)19-14(21)8-3-1-7(2-4-8)13(18)20/h1-6H,(H2,18,20)(H,19,21). The number of rotatable bonds is 3. The number of halogens is 3. The second-order valence-corrected chi connectivity index (χ2v) is 4.14. The molecule has 0 radical (unpaired) electrons. The van der Waals surface area contributed by atoms with Crippen LogP contribution in [0.4, 0.5) is 18.9 Å². The van der Waals surface area contributed by atoms with Crippen LogP contribution in [0.5, 0.6) is 0 Å². The summed E-state index contributed by atoms with van der Waals surface area (Å²) in [7, 11) is 0. The second kappa shape index (κ2) is 5.66. The van der Waals surface area contributed by atoms with Gasteiger partial charge in [-0.3, -0.25) is 9.59 Å². The van der Waals surface area contributed by atoms with Gasteiger partial charge in [0.05, 0.1) is 5.69 Å². The van der Waals surface area contributed by atoms with Crippen LogP contribution in [0, 0.1) is 17.5 Å². The van der Waals surface area contributed by atoms with Crippen molar-refractivity contribution >= 4 is 17.5 Å². The third-order valence-corrected chi connectivity index (χ3v) is 2.69. The van der Waals surface area contributed by atoms with Gasteiger partial charge in [0.15, 0.2) is 11.6 Å². The fraction of sp³-hybridized carbons (Fsp3) is 0. The minimum absolute atomic E-state index is 0.101. The molecule has 7 heteroatoms. The summed E-state index contributed by atoms with van der Waals surface area (Å²) in [6.07, 6.45) is 0. The number of carbonyl (C=O) groups is 2. The van der Waals surface area contributed by atoms with Gasteiger partial charge in [-0.05, 0) is 24.3 Å². The summed E-state index contributed by atoms with van der Waals surface area (Å²) in [6.45, 7) is 0. The van der Waals surface area contributed by atoms with Crippen molar-refractivity contribution in [1.82, 2.24) is 0 Å². The van der Waals surface area contributed by atoms with Crippen LogP contribution in [0.25, 0.3) is 0 Å².